The Morgan fingerprint density at radius 3 is 2.48 bits per heavy atom. The highest BCUT2D eigenvalue weighted by atomic mass is 31.2. The summed E-state index contributed by atoms with van der Waals surface area (Å²) in [7, 11) is -3.25. The summed E-state index contributed by atoms with van der Waals surface area (Å²) in [6.07, 6.45) is 1.92. The van der Waals surface area contributed by atoms with Crippen LogP contribution in [0.2, 0.25) is 0 Å². The zero-order valence-electron chi connectivity index (χ0n) is 17.0. The van der Waals surface area contributed by atoms with E-state index in [1.165, 1.54) is 0 Å². The molecule has 3 rings (SSSR count). The van der Waals surface area contributed by atoms with Gasteiger partial charge in [0, 0.05) is 5.92 Å². The molecule has 1 unspecified atom stereocenters. The minimum atomic E-state index is -3.25. The van der Waals surface area contributed by atoms with E-state index in [1.54, 1.807) is 6.08 Å². The molecular formula is C23H28NO4P. The molecule has 1 saturated carbocycles. The third-order valence-electron chi connectivity index (χ3n) is 5.26. The van der Waals surface area contributed by atoms with Crippen LogP contribution < -0.4 is 5.32 Å². The number of nitrogens with one attached hydrogen (secondary N) is 1. The van der Waals surface area contributed by atoms with Gasteiger partial charge in [0.15, 0.2) is 0 Å². The summed E-state index contributed by atoms with van der Waals surface area (Å²) in [5, 5.41) is 1.91. The lowest BCUT2D eigenvalue weighted by molar-refractivity contribution is 0.136. The Hall–Kier alpha value is -2.36. The van der Waals surface area contributed by atoms with Gasteiger partial charge in [0.25, 0.3) is 0 Å². The fourth-order valence-electron chi connectivity index (χ4n) is 3.56. The van der Waals surface area contributed by atoms with Crippen molar-refractivity contribution in [1.82, 2.24) is 5.32 Å². The lowest BCUT2D eigenvalue weighted by atomic mass is 10.2. The van der Waals surface area contributed by atoms with Crippen molar-refractivity contribution in [3.05, 3.63) is 83.9 Å². The molecule has 1 aliphatic rings. The Morgan fingerprint density at radius 2 is 1.90 bits per heavy atom. The minimum Gasteiger partial charge on any atom is -0.445 e. The fourth-order valence-corrected chi connectivity index (χ4v) is 6.62. The molecule has 1 amide bonds. The molecule has 3 atom stereocenters. The van der Waals surface area contributed by atoms with Crippen LogP contribution in [0.15, 0.2) is 67.3 Å². The second kappa shape index (κ2) is 8.98. The number of aryl methyl sites for hydroxylation is 1. The van der Waals surface area contributed by atoms with Gasteiger partial charge < -0.3 is 14.6 Å². The highest BCUT2D eigenvalue weighted by Gasteiger charge is 2.66. The molecule has 29 heavy (non-hydrogen) atoms. The van der Waals surface area contributed by atoms with Crippen LogP contribution in [0.4, 0.5) is 4.79 Å². The first-order valence-corrected chi connectivity index (χ1v) is 11.6. The number of carbonyl (C=O) groups excluding carboxylic acids is 1. The van der Waals surface area contributed by atoms with Crippen LogP contribution in [0.3, 0.4) is 0 Å². The molecule has 5 nitrogen and oxygen atoms in total. The molecule has 154 valence electrons. The molecule has 6 heteroatoms. The van der Waals surface area contributed by atoms with E-state index in [9.17, 15) is 9.36 Å². The quantitative estimate of drug-likeness (QED) is 0.427. The van der Waals surface area contributed by atoms with Crippen molar-refractivity contribution >= 4 is 13.5 Å². The van der Waals surface area contributed by atoms with Crippen molar-refractivity contribution in [3.63, 3.8) is 0 Å². The molecule has 0 spiro atoms. The van der Waals surface area contributed by atoms with Gasteiger partial charge in [-0.1, -0.05) is 66.2 Å². The lowest BCUT2D eigenvalue weighted by Gasteiger charge is -2.29. The summed E-state index contributed by atoms with van der Waals surface area (Å²) in [5.41, 5.74) is 2.94. The van der Waals surface area contributed by atoms with Crippen LogP contribution >= 0.6 is 7.37 Å². The molecule has 2 aromatic rings. The molecule has 0 aliphatic heterocycles. The number of hydrogen-bond acceptors (Lipinski definition) is 4. The average Bonchev–Trinajstić information content (AvgIpc) is 3.44. The lowest BCUT2D eigenvalue weighted by Crippen LogP contribution is -2.39. The zero-order valence-corrected chi connectivity index (χ0v) is 17.9. The molecule has 0 heterocycles. The van der Waals surface area contributed by atoms with Gasteiger partial charge in [0.05, 0.1) is 12.8 Å². The van der Waals surface area contributed by atoms with Gasteiger partial charge in [-0.15, -0.1) is 6.58 Å². The predicted octanol–water partition coefficient (Wildman–Crippen LogP) is 5.64. The van der Waals surface area contributed by atoms with E-state index in [2.05, 4.69) is 11.9 Å². The van der Waals surface area contributed by atoms with Crippen molar-refractivity contribution in [3.8, 4) is 0 Å². The number of carbonyl (C=O) groups is 1. The van der Waals surface area contributed by atoms with Crippen molar-refractivity contribution < 1.29 is 18.6 Å². The minimum absolute atomic E-state index is 0.116. The van der Waals surface area contributed by atoms with Gasteiger partial charge in [-0.05, 0) is 31.4 Å². The standard InChI is InChI=1S/C23H28NO4P/c1-4-21-15-23(21,24-22(25)27-16-19-9-7-6-8-10-19)29(26,28-5-2)17-20-13-11-18(3)12-14-20/h4,6-14,21H,1,5,15-17H2,2-3H3,(H,24,25)/t21-,23+,29?/m1/s1. The Bertz CT molecular complexity index is 897. The summed E-state index contributed by atoms with van der Waals surface area (Å²) in [6.45, 7) is 8.11. The molecule has 1 fully saturated rings. The van der Waals surface area contributed by atoms with Gasteiger partial charge in [-0.3, -0.25) is 4.57 Å². The monoisotopic (exact) mass is 413 g/mol. The summed E-state index contributed by atoms with van der Waals surface area (Å²) in [5.74, 6) is -0.116. The van der Waals surface area contributed by atoms with Crippen molar-refractivity contribution in [2.75, 3.05) is 6.61 Å². The molecule has 2 aromatic carbocycles. The Morgan fingerprint density at radius 1 is 1.21 bits per heavy atom. The maximum Gasteiger partial charge on any atom is 0.408 e. The number of amides is 1. The first kappa shape index (κ1) is 21.4. The maximum atomic E-state index is 14.0. The van der Waals surface area contributed by atoms with Crippen LogP contribution in [0.5, 0.6) is 0 Å². The van der Waals surface area contributed by atoms with Gasteiger partial charge >= 0.3 is 6.09 Å². The fraction of sp³-hybridized carbons (Fsp3) is 0.348. The van der Waals surface area contributed by atoms with E-state index < -0.39 is 18.7 Å². The number of benzene rings is 2. The molecule has 0 aromatic heterocycles. The van der Waals surface area contributed by atoms with Crippen molar-refractivity contribution in [1.29, 1.82) is 0 Å². The van der Waals surface area contributed by atoms with Crippen LogP contribution in [0, 0.1) is 12.8 Å². The number of hydrogen-bond donors (Lipinski definition) is 1. The number of alkyl carbamates (subject to hydrolysis) is 1. The second-order valence-electron chi connectivity index (χ2n) is 7.39. The Labute approximate surface area is 172 Å². The molecule has 0 saturated heterocycles. The van der Waals surface area contributed by atoms with Gasteiger partial charge in [-0.25, -0.2) is 4.79 Å². The smallest absolute Gasteiger partial charge is 0.408 e. The zero-order chi connectivity index (χ0) is 20.9. The maximum absolute atomic E-state index is 14.0. The van der Waals surface area contributed by atoms with E-state index in [0.29, 0.717) is 13.0 Å². The molecule has 1 N–H and O–H groups in total. The summed E-state index contributed by atoms with van der Waals surface area (Å²) in [4.78, 5) is 12.5. The van der Waals surface area contributed by atoms with E-state index >= 15 is 0 Å². The second-order valence-corrected chi connectivity index (χ2v) is 10.1. The number of ether oxygens (including phenoxy) is 1. The SMILES string of the molecule is C=C[C@@H]1C[C@]1(NC(=O)OCc1ccccc1)P(=O)(Cc1ccc(C)cc1)OCC. The summed E-state index contributed by atoms with van der Waals surface area (Å²) >= 11 is 0. The van der Waals surface area contributed by atoms with E-state index in [0.717, 1.165) is 16.7 Å². The molecule has 0 radical (unpaired) electrons. The normalized spacial score (nSPS) is 22.3. The average molecular weight is 413 g/mol. The third-order valence-corrected chi connectivity index (χ3v) is 8.56. The van der Waals surface area contributed by atoms with Gasteiger partial charge in [0.2, 0.25) is 7.37 Å². The largest absolute Gasteiger partial charge is 0.445 e. The molecule has 0 bridgehead atoms. The molecular weight excluding hydrogens is 385 g/mol. The molecule has 1 aliphatic carbocycles. The summed E-state index contributed by atoms with van der Waals surface area (Å²) < 4.78 is 25.2. The van der Waals surface area contributed by atoms with E-state index in [4.69, 9.17) is 9.26 Å². The third kappa shape index (κ3) is 4.80. The van der Waals surface area contributed by atoms with E-state index in [1.807, 2.05) is 68.4 Å². The van der Waals surface area contributed by atoms with Crippen LogP contribution in [-0.2, 0) is 26.6 Å². The van der Waals surface area contributed by atoms with Crippen LogP contribution in [0.25, 0.3) is 0 Å². The topological polar surface area (TPSA) is 64.6 Å². The van der Waals surface area contributed by atoms with Crippen molar-refractivity contribution in [2.45, 2.75) is 38.3 Å². The highest BCUT2D eigenvalue weighted by molar-refractivity contribution is 7.60. The first-order chi connectivity index (χ1) is 13.9. The Balaban J connectivity index is 1.77. The van der Waals surface area contributed by atoms with Gasteiger partial charge in [-0.2, -0.15) is 0 Å². The predicted molar refractivity (Wildman–Crippen MR) is 115 cm³/mol. The number of rotatable bonds is 9. The Kier molecular flexibility index (Phi) is 6.61. The van der Waals surface area contributed by atoms with Crippen molar-refractivity contribution in [2.24, 2.45) is 5.92 Å². The van der Waals surface area contributed by atoms with E-state index in [-0.39, 0.29) is 18.7 Å². The van der Waals surface area contributed by atoms with Crippen LogP contribution in [0.1, 0.15) is 30.0 Å². The highest BCUT2D eigenvalue weighted by Crippen LogP contribution is 2.73. The summed E-state index contributed by atoms with van der Waals surface area (Å²) in [6, 6.07) is 17.3. The van der Waals surface area contributed by atoms with Crippen LogP contribution in [-0.4, -0.2) is 18.0 Å². The van der Waals surface area contributed by atoms with Gasteiger partial charge in [0.1, 0.15) is 11.9 Å². The first-order valence-electron chi connectivity index (χ1n) is 9.83.